The molecule has 0 aromatic heterocycles. The van der Waals surface area contributed by atoms with Crippen LogP contribution < -0.4 is 15.3 Å². The van der Waals surface area contributed by atoms with Crippen LogP contribution in [0.1, 0.15) is 60.4 Å². The Morgan fingerprint density at radius 3 is 1.78 bits per heavy atom. The maximum atomic E-state index is 2.55. The van der Waals surface area contributed by atoms with Crippen LogP contribution in [0.3, 0.4) is 0 Å². The van der Waals surface area contributed by atoms with Gasteiger partial charge in [-0.15, -0.1) is 0 Å². The molecule has 7 aromatic carbocycles. The predicted molar refractivity (Wildman–Crippen MR) is 252 cm³/mol. The molecule has 0 saturated carbocycles. The van der Waals surface area contributed by atoms with E-state index >= 15 is 0 Å². The molecule has 2 unspecified atom stereocenters. The van der Waals surface area contributed by atoms with Gasteiger partial charge >= 0.3 is 0 Å². The van der Waals surface area contributed by atoms with Crippen LogP contribution in [0.4, 0.5) is 11.4 Å². The quantitative estimate of drug-likeness (QED) is 0.153. The number of fused-ring (bicyclic) bond motifs is 6. The first-order valence-corrected chi connectivity index (χ1v) is 21.0. The van der Waals surface area contributed by atoms with Gasteiger partial charge in [-0.2, -0.15) is 0 Å². The molecule has 1 heteroatoms. The van der Waals surface area contributed by atoms with E-state index in [-0.39, 0.29) is 6.04 Å². The van der Waals surface area contributed by atoms with Crippen LogP contribution in [0.5, 0.6) is 0 Å². The zero-order valence-electron chi connectivity index (χ0n) is 33.9. The normalized spacial score (nSPS) is 17.1. The van der Waals surface area contributed by atoms with Crippen LogP contribution in [0, 0.1) is 19.8 Å². The lowest BCUT2D eigenvalue weighted by atomic mass is 9.82. The molecule has 2 atom stereocenters. The standard InChI is InChI=1S/C50H43N.C7H8/c1-34-12-6-7-15-43(34)49-32-39(21-20-35(49)2)38-24-28-41(29-25-38)51(40-26-22-37(23-27-40)36-13-4-3-5-14-36)42-30-31-48-46-18-9-8-16-44(46)45-17-10-11-19-47(45)50(48)33-42;1-7-5-3-2-4-6-7/h3-4,6-13,15-19,21-29,31-33,35,42H,5,14,20,30H2,1-2H3;2-6H,1H3. The van der Waals surface area contributed by atoms with E-state index in [1.807, 2.05) is 18.2 Å². The summed E-state index contributed by atoms with van der Waals surface area (Å²) in [7, 11) is 0. The molecule has 1 nitrogen and oxygen atoms in total. The molecular formula is C57H51N. The molecule has 0 amide bonds. The fraction of sp³-hybridized carbons (Fsp3) is 0.158. The molecular weight excluding hydrogens is 699 g/mol. The zero-order chi connectivity index (χ0) is 39.4. The van der Waals surface area contributed by atoms with Gasteiger partial charge in [0.1, 0.15) is 0 Å². The minimum absolute atomic E-state index is 0.165. The summed E-state index contributed by atoms with van der Waals surface area (Å²) in [5.74, 6) is 0.502. The largest absolute Gasteiger partial charge is 0.334 e. The molecule has 284 valence electrons. The summed E-state index contributed by atoms with van der Waals surface area (Å²) in [4.78, 5) is 2.55. The average Bonchev–Trinajstić information content (AvgIpc) is 3.28. The molecule has 0 fully saturated rings. The fourth-order valence-electron chi connectivity index (χ4n) is 9.08. The van der Waals surface area contributed by atoms with Gasteiger partial charge in [0.2, 0.25) is 0 Å². The molecule has 0 radical (unpaired) electrons. The van der Waals surface area contributed by atoms with Crippen LogP contribution in [-0.2, 0) is 0 Å². The average molecular weight is 750 g/mol. The van der Waals surface area contributed by atoms with Crippen LogP contribution in [-0.4, -0.2) is 6.04 Å². The molecule has 0 heterocycles. The molecule has 3 aliphatic carbocycles. The van der Waals surface area contributed by atoms with E-state index in [2.05, 4.69) is 202 Å². The summed E-state index contributed by atoms with van der Waals surface area (Å²) in [5, 5.41) is 8.01. The second-order valence-corrected chi connectivity index (χ2v) is 16.1. The summed E-state index contributed by atoms with van der Waals surface area (Å²) >= 11 is 0. The van der Waals surface area contributed by atoms with Crippen molar-refractivity contribution in [2.45, 2.75) is 52.5 Å². The van der Waals surface area contributed by atoms with Crippen molar-refractivity contribution < 1.29 is 0 Å². The van der Waals surface area contributed by atoms with Crippen LogP contribution >= 0.6 is 0 Å². The molecule has 0 spiro atoms. The summed E-state index contributed by atoms with van der Waals surface area (Å²) in [6.45, 7) is 6.66. The first-order valence-electron chi connectivity index (χ1n) is 21.0. The number of nitrogens with zero attached hydrogens (tertiary/aromatic N) is 1. The lowest BCUT2D eigenvalue weighted by Gasteiger charge is -2.33. The summed E-state index contributed by atoms with van der Waals surface area (Å²) in [6.07, 6.45) is 20.8. The van der Waals surface area contributed by atoms with Gasteiger partial charge < -0.3 is 4.90 Å². The second kappa shape index (κ2) is 16.6. The van der Waals surface area contributed by atoms with E-state index in [9.17, 15) is 0 Å². The van der Waals surface area contributed by atoms with Crippen molar-refractivity contribution in [1.82, 2.24) is 0 Å². The topological polar surface area (TPSA) is 3.24 Å². The summed E-state index contributed by atoms with van der Waals surface area (Å²) in [6, 6.07) is 55.6. The van der Waals surface area contributed by atoms with Crippen molar-refractivity contribution in [3.05, 3.63) is 220 Å². The number of aryl methyl sites for hydroxylation is 2. The number of benzene rings is 7. The molecule has 0 aliphatic heterocycles. The monoisotopic (exact) mass is 749 g/mol. The number of hydrogen-bond donors (Lipinski definition) is 0. The van der Waals surface area contributed by atoms with E-state index in [4.69, 9.17) is 0 Å². The van der Waals surface area contributed by atoms with Crippen molar-refractivity contribution in [3.8, 4) is 0 Å². The van der Waals surface area contributed by atoms with Crippen molar-refractivity contribution in [2.24, 2.45) is 5.92 Å². The Morgan fingerprint density at radius 1 is 0.552 bits per heavy atom. The van der Waals surface area contributed by atoms with Crippen molar-refractivity contribution >= 4 is 61.8 Å². The Hall–Kier alpha value is -6.44. The van der Waals surface area contributed by atoms with E-state index in [1.165, 1.54) is 87.9 Å². The molecule has 0 saturated heterocycles. The Kier molecular flexibility index (Phi) is 10.6. The Morgan fingerprint density at radius 2 is 1.16 bits per heavy atom. The lowest BCUT2D eigenvalue weighted by Crippen LogP contribution is -2.38. The van der Waals surface area contributed by atoms with Gasteiger partial charge in [0.05, 0.1) is 6.04 Å². The van der Waals surface area contributed by atoms with Gasteiger partial charge in [0, 0.05) is 11.4 Å². The third-order valence-electron chi connectivity index (χ3n) is 12.2. The predicted octanol–water partition coefficient (Wildman–Crippen LogP) is 13.7. The Balaban J connectivity index is 0.000000565. The smallest absolute Gasteiger partial charge is 0.0566 e. The lowest BCUT2D eigenvalue weighted by molar-refractivity contribution is 0.760. The highest BCUT2D eigenvalue weighted by atomic mass is 15.2. The highest BCUT2D eigenvalue weighted by Crippen LogP contribution is 2.38. The highest BCUT2D eigenvalue weighted by molar-refractivity contribution is 6.08. The second-order valence-electron chi connectivity index (χ2n) is 16.1. The third-order valence-corrected chi connectivity index (χ3v) is 12.2. The zero-order valence-corrected chi connectivity index (χ0v) is 33.9. The molecule has 0 bridgehead atoms. The van der Waals surface area contributed by atoms with Crippen LogP contribution in [0.25, 0.3) is 50.4 Å². The molecule has 3 aliphatic rings. The number of anilines is 2. The third kappa shape index (κ3) is 7.53. The minimum Gasteiger partial charge on any atom is -0.334 e. The van der Waals surface area contributed by atoms with Gasteiger partial charge in [-0.1, -0.05) is 182 Å². The van der Waals surface area contributed by atoms with E-state index in [0.717, 1.165) is 25.7 Å². The van der Waals surface area contributed by atoms with Gasteiger partial charge in [0.15, 0.2) is 0 Å². The van der Waals surface area contributed by atoms with Crippen molar-refractivity contribution in [1.29, 1.82) is 0 Å². The Labute approximate surface area is 344 Å². The van der Waals surface area contributed by atoms with E-state index < -0.39 is 0 Å². The molecule has 0 N–H and O–H groups in total. The number of allylic oxidation sites excluding steroid dienone is 8. The first kappa shape index (κ1) is 37.2. The SMILES string of the molecule is Cc1ccccc1.Cc1ccccc1C1=CC(c2ccc(N(c3ccc(C4=CC=CCC4)cc3)C3C=c4c(c5ccccc5c5ccccc45)=CC3)cc2)=CCC1C. The number of hydrogen-bond acceptors (Lipinski definition) is 1. The van der Waals surface area contributed by atoms with Gasteiger partial charge in [-0.25, -0.2) is 0 Å². The summed E-state index contributed by atoms with van der Waals surface area (Å²) < 4.78 is 0. The summed E-state index contributed by atoms with van der Waals surface area (Å²) in [5.41, 5.74) is 13.2. The van der Waals surface area contributed by atoms with Gasteiger partial charge in [0.25, 0.3) is 0 Å². The Bertz CT molecular complexity index is 2850. The highest BCUT2D eigenvalue weighted by Gasteiger charge is 2.23. The van der Waals surface area contributed by atoms with Gasteiger partial charge in [-0.3, -0.25) is 0 Å². The van der Waals surface area contributed by atoms with Crippen LogP contribution in [0.2, 0.25) is 0 Å². The van der Waals surface area contributed by atoms with E-state index in [1.54, 1.807) is 0 Å². The van der Waals surface area contributed by atoms with Crippen LogP contribution in [0.15, 0.2) is 182 Å². The molecule has 58 heavy (non-hydrogen) atoms. The van der Waals surface area contributed by atoms with Gasteiger partial charge in [-0.05, 0) is 141 Å². The number of rotatable bonds is 6. The fourth-order valence-corrected chi connectivity index (χ4v) is 9.08. The minimum atomic E-state index is 0.165. The molecule has 10 rings (SSSR count). The van der Waals surface area contributed by atoms with Crippen molar-refractivity contribution in [2.75, 3.05) is 4.90 Å². The first-order chi connectivity index (χ1) is 28.5. The maximum Gasteiger partial charge on any atom is 0.0566 e. The van der Waals surface area contributed by atoms with Crippen molar-refractivity contribution in [3.63, 3.8) is 0 Å². The van der Waals surface area contributed by atoms with E-state index in [0.29, 0.717) is 5.92 Å². The maximum absolute atomic E-state index is 2.55. The molecule has 7 aromatic rings.